The summed E-state index contributed by atoms with van der Waals surface area (Å²) in [5.74, 6) is 0.252. The van der Waals surface area contributed by atoms with E-state index in [1.807, 2.05) is 6.07 Å². The van der Waals surface area contributed by atoms with Crippen molar-refractivity contribution in [3.8, 4) is 6.07 Å². The number of ether oxygens (including phenoxy) is 1. The minimum atomic E-state index is -1.66. The second kappa shape index (κ2) is 3.89. The van der Waals surface area contributed by atoms with Gasteiger partial charge in [-0.1, -0.05) is 0 Å². The van der Waals surface area contributed by atoms with Crippen LogP contribution in [-0.4, -0.2) is 43.6 Å². The Kier molecular flexibility index (Phi) is 2.43. The highest BCUT2D eigenvalue weighted by molar-refractivity contribution is 5.66. The van der Waals surface area contributed by atoms with E-state index < -0.39 is 17.8 Å². The van der Waals surface area contributed by atoms with Crippen molar-refractivity contribution in [1.29, 1.82) is 5.26 Å². The smallest absolute Gasteiger partial charge is 0.225 e. The van der Waals surface area contributed by atoms with Crippen molar-refractivity contribution in [3.63, 3.8) is 0 Å². The first kappa shape index (κ1) is 11.9. The number of nitriles is 1. The van der Waals surface area contributed by atoms with Gasteiger partial charge >= 0.3 is 0 Å². The molecule has 0 bridgehead atoms. The Bertz CT molecular complexity index is 679. The Morgan fingerprint density at radius 1 is 1.53 bits per heavy atom. The zero-order valence-electron chi connectivity index (χ0n) is 9.76. The summed E-state index contributed by atoms with van der Waals surface area (Å²) in [7, 11) is 0. The minimum absolute atomic E-state index is 0.122. The molecule has 3 rings (SSSR count). The zero-order chi connectivity index (χ0) is 13.6. The molecule has 2 aromatic rings. The molecule has 8 nitrogen and oxygen atoms in total. The molecule has 0 aliphatic carbocycles. The van der Waals surface area contributed by atoms with Crippen LogP contribution in [0.15, 0.2) is 18.5 Å². The van der Waals surface area contributed by atoms with Crippen molar-refractivity contribution >= 4 is 11.3 Å². The van der Waals surface area contributed by atoms with Crippen molar-refractivity contribution in [2.75, 3.05) is 12.3 Å². The Balaban J connectivity index is 2.24. The van der Waals surface area contributed by atoms with Crippen LogP contribution in [0.25, 0.3) is 5.52 Å². The highest BCUT2D eigenvalue weighted by atomic mass is 16.5. The SMILES string of the molecule is N#C[C@@]1(c2ccc3c(N)ncnn23)OC[C@H](O)[C@H]1O. The largest absolute Gasteiger partial charge is 0.388 e. The molecule has 3 heterocycles. The molecule has 0 amide bonds. The van der Waals surface area contributed by atoms with Crippen molar-refractivity contribution in [2.24, 2.45) is 0 Å². The first-order valence-electron chi connectivity index (χ1n) is 5.60. The van der Waals surface area contributed by atoms with Gasteiger partial charge in [-0.25, -0.2) is 9.50 Å². The van der Waals surface area contributed by atoms with Gasteiger partial charge in [0, 0.05) is 0 Å². The van der Waals surface area contributed by atoms with Crippen LogP contribution >= 0.6 is 0 Å². The molecule has 1 saturated heterocycles. The van der Waals surface area contributed by atoms with E-state index in [-0.39, 0.29) is 12.4 Å². The van der Waals surface area contributed by atoms with Crippen molar-refractivity contribution < 1.29 is 14.9 Å². The molecule has 0 spiro atoms. The number of aromatic nitrogens is 3. The first-order valence-corrected chi connectivity index (χ1v) is 5.60. The molecule has 8 heteroatoms. The molecule has 0 unspecified atom stereocenters. The fourth-order valence-electron chi connectivity index (χ4n) is 2.28. The summed E-state index contributed by atoms with van der Waals surface area (Å²) in [6.07, 6.45) is -1.23. The van der Waals surface area contributed by atoms with Crippen LogP contribution < -0.4 is 5.73 Å². The number of nitrogen functional groups attached to an aromatic ring is 1. The van der Waals surface area contributed by atoms with E-state index in [0.717, 1.165) is 0 Å². The summed E-state index contributed by atoms with van der Waals surface area (Å²) >= 11 is 0. The van der Waals surface area contributed by atoms with Gasteiger partial charge in [0.2, 0.25) is 5.60 Å². The monoisotopic (exact) mass is 261 g/mol. The topological polar surface area (TPSA) is 130 Å². The maximum atomic E-state index is 10.0. The summed E-state index contributed by atoms with van der Waals surface area (Å²) in [6.45, 7) is -0.122. The Labute approximate surface area is 107 Å². The van der Waals surface area contributed by atoms with E-state index in [2.05, 4.69) is 10.1 Å². The second-order valence-electron chi connectivity index (χ2n) is 4.33. The summed E-state index contributed by atoms with van der Waals surface area (Å²) in [5, 5.41) is 33.0. The molecule has 0 radical (unpaired) electrons. The number of aliphatic hydroxyl groups is 2. The predicted molar refractivity (Wildman–Crippen MR) is 62.7 cm³/mol. The minimum Gasteiger partial charge on any atom is -0.388 e. The van der Waals surface area contributed by atoms with Gasteiger partial charge in [-0.3, -0.25) is 0 Å². The third-order valence-electron chi connectivity index (χ3n) is 3.29. The Morgan fingerprint density at radius 3 is 2.95 bits per heavy atom. The number of nitrogens with zero attached hydrogens (tertiary/aromatic N) is 4. The van der Waals surface area contributed by atoms with Gasteiger partial charge in [0.1, 0.15) is 30.1 Å². The van der Waals surface area contributed by atoms with Crippen LogP contribution in [0.3, 0.4) is 0 Å². The van der Waals surface area contributed by atoms with Gasteiger partial charge in [0.05, 0.1) is 12.3 Å². The molecule has 19 heavy (non-hydrogen) atoms. The molecule has 4 N–H and O–H groups in total. The first-order chi connectivity index (χ1) is 9.10. The van der Waals surface area contributed by atoms with Crippen LogP contribution in [-0.2, 0) is 10.3 Å². The molecular weight excluding hydrogens is 250 g/mol. The Hall–Kier alpha value is -2.21. The van der Waals surface area contributed by atoms with E-state index in [1.165, 1.54) is 10.8 Å². The average Bonchev–Trinajstić information content (AvgIpc) is 2.96. The molecule has 3 atom stereocenters. The lowest BCUT2D eigenvalue weighted by atomic mass is 9.93. The van der Waals surface area contributed by atoms with E-state index in [4.69, 9.17) is 10.5 Å². The van der Waals surface area contributed by atoms with Crippen molar-refractivity contribution in [3.05, 3.63) is 24.2 Å². The fourth-order valence-corrected chi connectivity index (χ4v) is 2.28. The molecule has 1 aliphatic heterocycles. The number of nitrogens with two attached hydrogens (primary N) is 1. The maximum absolute atomic E-state index is 10.0. The van der Waals surface area contributed by atoms with Gasteiger partial charge in [0.25, 0.3) is 0 Å². The summed E-state index contributed by atoms with van der Waals surface area (Å²) in [4.78, 5) is 3.84. The number of anilines is 1. The van der Waals surface area contributed by atoms with Crippen LogP contribution in [0.1, 0.15) is 5.69 Å². The van der Waals surface area contributed by atoms with Crippen molar-refractivity contribution in [2.45, 2.75) is 17.8 Å². The van der Waals surface area contributed by atoms with E-state index in [1.54, 1.807) is 12.1 Å². The lowest BCUT2D eigenvalue weighted by Gasteiger charge is -2.23. The van der Waals surface area contributed by atoms with E-state index in [0.29, 0.717) is 11.2 Å². The number of hydrogen-bond donors (Lipinski definition) is 3. The number of rotatable bonds is 1. The van der Waals surface area contributed by atoms with E-state index in [9.17, 15) is 15.5 Å². The van der Waals surface area contributed by atoms with Gasteiger partial charge in [0.15, 0.2) is 5.82 Å². The average molecular weight is 261 g/mol. The second-order valence-corrected chi connectivity index (χ2v) is 4.33. The van der Waals surface area contributed by atoms with Crippen LogP contribution in [0.2, 0.25) is 0 Å². The molecule has 2 aromatic heterocycles. The maximum Gasteiger partial charge on any atom is 0.225 e. The number of hydrogen-bond acceptors (Lipinski definition) is 7. The van der Waals surface area contributed by atoms with Crippen LogP contribution in [0.4, 0.5) is 5.82 Å². The molecule has 1 fully saturated rings. The highest BCUT2D eigenvalue weighted by Crippen LogP contribution is 2.37. The molecule has 0 aromatic carbocycles. The number of fused-ring (bicyclic) bond motifs is 1. The Morgan fingerprint density at radius 2 is 2.32 bits per heavy atom. The quantitative estimate of drug-likeness (QED) is 0.586. The summed E-state index contributed by atoms with van der Waals surface area (Å²) in [6, 6.07) is 5.12. The fraction of sp³-hybridized carbons (Fsp3) is 0.364. The van der Waals surface area contributed by atoms with Gasteiger partial charge in [-0.15, -0.1) is 0 Å². The summed E-state index contributed by atoms with van der Waals surface area (Å²) in [5.41, 5.74) is 4.86. The van der Waals surface area contributed by atoms with Crippen molar-refractivity contribution in [1.82, 2.24) is 14.6 Å². The molecular formula is C11H11N5O3. The third kappa shape index (κ3) is 1.43. The van der Waals surface area contributed by atoms with Gasteiger partial charge in [-0.05, 0) is 12.1 Å². The zero-order valence-corrected chi connectivity index (χ0v) is 9.76. The lowest BCUT2D eigenvalue weighted by Crippen LogP contribution is -2.40. The van der Waals surface area contributed by atoms with E-state index >= 15 is 0 Å². The van der Waals surface area contributed by atoms with Gasteiger partial charge < -0.3 is 20.7 Å². The normalized spacial score (nSPS) is 30.6. The van der Waals surface area contributed by atoms with Crippen LogP contribution in [0.5, 0.6) is 0 Å². The van der Waals surface area contributed by atoms with Crippen LogP contribution in [0, 0.1) is 11.3 Å². The number of aliphatic hydroxyl groups excluding tert-OH is 2. The summed E-state index contributed by atoms with van der Waals surface area (Å²) < 4.78 is 6.71. The highest BCUT2D eigenvalue weighted by Gasteiger charge is 2.52. The lowest BCUT2D eigenvalue weighted by molar-refractivity contribution is -0.0309. The third-order valence-corrected chi connectivity index (χ3v) is 3.29. The molecule has 0 saturated carbocycles. The van der Waals surface area contributed by atoms with Gasteiger partial charge in [-0.2, -0.15) is 10.4 Å². The molecule has 1 aliphatic rings. The molecule has 98 valence electrons. The predicted octanol–water partition coefficient (Wildman–Crippen LogP) is -1.22. The standard InChI is InChI=1S/C11H11N5O3/c12-4-11(9(18)7(17)3-19-11)8-2-1-6-10(13)14-5-15-16(6)8/h1-2,5,7,9,17-18H,3H2,(H2,13,14,15)/t7-,9+,11-/m0/s1.